The summed E-state index contributed by atoms with van der Waals surface area (Å²) in [4.78, 5) is 12.7. The zero-order valence-electron chi connectivity index (χ0n) is 39.2. The molecule has 2 heterocycles. The average Bonchev–Trinajstić information content (AvgIpc) is 3.63. The number of unbranched alkanes of at least 4 members (excludes halogenated alkanes) is 2. The van der Waals surface area contributed by atoms with Gasteiger partial charge in [0.15, 0.2) is 12.3 Å². The van der Waals surface area contributed by atoms with E-state index in [0.29, 0.717) is 108 Å². The minimum atomic E-state index is -4.59. The van der Waals surface area contributed by atoms with Gasteiger partial charge in [0.25, 0.3) is 30.4 Å². The van der Waals surface area contributed by atoms with E-state index in [2.05, 4.69) is 4.90 Å². The molecule has 0 fully saturated rings. The minimum Gasteiger partial charge on any atom is -0.481 e. The maximum Gasteiger partial charge on any atom is 0.303 e. The molecule has 68 heavy (non-hydrogen) atoms. The predicted octanol–water partition coefficient (Wildman–Crippen LogP) is 5.37. The highest BCUT2D eigenvalue weighted by molar-refractivity contribution is 7.86. The fourth-order valence-electron chi connectivity index (χ4n) is 8.44. The first-order valence-electron chi connectivity index (χ1n) is 22.3. The Morgan fingerprint density at radius 3 is 1.81 bits per heavy atom. The van der Waals surface area contributed by atoms with Crippen LogP contribution >= 0.6 is 0 Å². The van der Waals surface area contributed by atoms with Crippen molar-refractivity contribution in [1.82, 2.24) is 0 Å². The molecular weight excluding hydrogens is 949 g/mol. The molecule has 0 aromatic heterocycles. The van der Waals surface area contributed by atoms with E-state index in [0.717, 1.165) is 11.4 Å². The lowest BCUT2D eigenvalue weighted by atomic mass is 9.76. The second-order valence-electron chi connectivity index (χ2n) is 16.7. The van der Waals surface area contributed by atoms with Crippen molar-refractivity contribution in [3.05, 3.63) is 83.6 Å². The summed E-state index contributed by atoms with van der Waals surface area (Å²) < 4.78 is 137. The minimum absolute atomic E-state index is 0.0242. The van der Waals surface area contributed by atoms with E-state index in [1.165, 1.54) is 31.4 Å². The number of anilines is 1. The van der Waals surface area contributed by atoms with Crippen LogP contribution in [-0.4, -0.2) is 159 Å². The largest absolute Gasteiger partial charge is 0.481 e. The molecule has 4 N–H and O–H groups in total. The highest BCUT2D eigenvalue weighted by atomic mass is 32.2. The van der Waals surface area contributed by atoms with Crippen LogP contribution in [-0.2, 0) is 74.4 Å². The summed E-state index contributed by atoms with van der Waals surface area (Å²) in [6.07, 6.45) is 11.4. The molecule has 0 radical (unpaired) electrons. The van der Waals surface area contributed by atoms with Crippen LogP contribution in [0.15, 0.2) is 82.3 Å². The average molecular weight is 1020 g/mol. The molecule has 0 spiro atoms. The molecule has 4 rings (SSSR count). The second-order valence-corrected chi connectivity index (χ2v) is 21.2. The maximum atomic E-state index is 12.4. The second kappa shape index (κ2) is 26.3. The summed E-state index contributed by atoms with van der Waals surface area (Å²) in [5, 5.41) is 9.22. The van der Waals surface area contributed by atoms with Gasteiger partial charge >= 0.3 is 5.97 Å². The smallest absolute Gasteiger partial charge is 0.303 e. The summed E-state index contributed by atoms with van der Waals surface area (Å²) >= 11 is 0. The molecule has 380 valence electrons. The number of carbonyl (C=O) groups is 1. The monoisotopic (exact) mass is 1020 g/mol. The first kappa shape index (κ1) is 56.7. The number of fused-ring (bicyclic) bond motifs is 2. The van der Waals surface area contributed by atoms with Crippen molar-refractivity contribution in [3.63, 3.8) is 0 Å². The molecule has 2 aliphatic rings. The van der Waals surface area contributed by atoms with Crippen LogP contribution in [0.5, 0.6) is 0 Å². The van der Waals surface area contributed by atoms with Crippen molar-refractivity contribution >= 4 is 53.4 Å². The third-order valence-electron chi connectivity index (χ3n) is 11.9. The fraction of sp³-hybridized carbons (Fsp3) is 0.565. The molecule has 19 nitrogen and oxygen atoms in total. The molecule has 2 aromatic rings. The molecule has 2 aliphatic heterocycles. The zero-order valence-corrected chi connectivity index (χ0v) is 41.7. The van der Waals surface area contributed by atoms with Gasteiger partial charge in [-0.25, -0.2) is 0 Å². The lowest BCUT2D eigenvalue weighted by Gasteiger charge is -2.30. The standard InChI is InChI=1S/C46H66N2O17S3/c1-45(19-11-33-66(51,52)53)38-34-36(67(54,55)56)16-18-41(38)48(22-24-60-3)42(45)12-7-5-8-13-43-46(2,20-23-62-27-28-64-31-32-65-30-29-63-26-25-61-4)39-35-37(68(57,58)59)15-17-40(39)47(43)21-10-6-9-14-44(49)50/h5,7-8,12-13,15-18,34-35H,6,9-11,14,19-33H2,1-4H3,(H3-,49,50,51,52,53,54,55,56,57,58,59)/p+1. The number of allylic oxidation sites excluding steroid dienone is 6. The Hall–Kier alpha value is -3.91. The van der Waals surface area contributed by atoms with E-state index in [-0.39, 0.29) is 48.9 Å². The molecule has 0 aliphatic carbocycles. The Kier molecular flexibility index (Phi) is 22.0. The van der Waals surface area contributed by atoms with Gasteiger partial charge in [-0.2, -0.15) is 29.8 Å². The Morgan fingerprint density at radius 1 is 0.662 bits per heavy atom. The van der Waals surface area contributed by atoms with Crippen molar-refractivity contribution in [2.45, 2.75) is 79.4 Å². The third-order valence-corrected chi connectivity index (χ3v) is 14.4. The zero-order chi connectivity index (χ0) is 50.0. The number of nitrogens with zero attached hydrogens (tertiary/aromatic N) is 2. The Labute approximate surface area is 400 Å². The number of ether oxygens (including phenoxy) is 6. The number of hydrogen-bond acceptors (Lipinski definition) is 14. The van der Waals surface area contributed by atoms with Gasteiger partial charge in [-0.3, -0.25) is 18.5 Å². The molecule has 0 saturated heterocycles. The molecule has 2 atom stereocenters. The van der Waals surface area contributed by atoms with E-state index in [1.54, 1.807) is 31.4 Å². The lowest BCUT2D eigenvalue weighted by Crippen LogP contribution is -2.32. The Balaban J connectivity index is 1.65. The van der Waals surface area contributed by atoms with E-state index >= 15 is 0 Å². The molecule has 22 heteroatoms. The topological polar surface area (TPSA) is 262 Å². The SMILES string of the molecule is COCCOCCOCCOCCOCCC1(C)\C(=C/C=C/C=C/C2=[N+](CCOC)c3ccc(S(=O)(=O)O)cc3C2(C)CCCS(=O)(=O)O)N(CCCCCC(=O)O)c2ccc(S(=O)(=O)O)cc21. The van der Waals surface area contributed by atoms with Crippen LogP contribution in [0.4, 0.5) is 11.4 Å². The van der Waals surface area contributed by atoms with Crippen molar-refractivity contribution in [3.8, 4) is 0 Å². The Morgan fingerprint density at radius 2 is 1.24 bits per heavy atom. The number of hydrogen-bond donors (Lipinski definition) is 4. The van der Waals surface area contributed by atoms with E-state index < -0.39 is 52.9 Å². The van der Waals surface area contributed by atoms with Crippen LogP contribution in [0.3, 0.4) is 0 Å². The normalized spacial score (nSPS) is 19.3. The molecule has 0 amide bonds. The summed E-state index contributed by atoms with van der Waals surface area (Å²) in [7, 11) is -10.3. The van der Waals surface area contributed by atoms with Gasteiger partial charge in [0, 0.05) is 68.3 Å². The Bertz CT molecular complexity index is 2470. The summed E-state index contributed by atoms with van der Waals surface area (Å²) in [6, 6.07) is 8.71. The number of benzene rings is 2. The van der Waals surface area contributed by atoms with Crippen molar-refractivity contribution in [2.24, 2.45) is 0 Å². The van der Waals surface area contributed by atoms with Crippen molar-refractivity contribution in [2.75, 3.05) is 104 Å². The van der Waals surface area contributed by atoms with Gasteiger partial charge < -0.3 is 38.4 Å². The summed E-state index contributed by atoms with van der Waals surface area (Å²) in [5.74, 6) is -1.41. The molecular formula is C46H67N2O17S3+. The van der Waals surface area contributed by atoms with E-state index in [4.69, 9.17) is 28.4 Å². The summed E-state index contributed by atoms with van der Waals surface area (Å²) in [6.45, 7) is 8.35. The molecule has 0 bridgehead atoms. The molecule has 2 unspecified atom stereocenters. The van der Waals surface area contributed by atoms with Crippen LogP contribution < -0.4 is 4.90 Å². The molecule has 0 saturated carbocycles. The van der Waals surface area contributed by atoms with Crippen molar-refractivity contribution < 1.29 is 81.8 Å². The van der Waals surface area contributed by atoms with Gasteiger partial charge in [0.1, 0.15) is 6.61 Å². The quantitative estimate of drug-likeness (QED) is 0.0303. The summed E-state index contributed by atoms with van der Waals surface area (Å²) in [5.41, 5.74) is 2.18. The first-order valence-corrected chi connectivity index (χ1v) is 26.8. The number of methoxy groups -OCH3 is 2. The fourth-order valence-corrected chi connectivity index (χ4v) is 9.97. The number of carboxylic acid groups (broad SMARTS) is 1. The van der Waals surface area contributed by atoms with Crippen LogP contribution in [0.2, 0.25) is 0 Å². The highest BCUT2D eigenvalue weighted by Crippen LogP contribution is 2.51. The van der Waals surface area contributed by atoms with Gasteiger partial charge in [-0.15, -0.1) is 0 Å². The van der Waals surface area contributed by atoms with E-state index in [9.17, 15) is 48.8 Å². The van der Waals surface area contributed by atoms with Crippen molar-refractivity contribution in [1.29, 1.82) is 0 Å². The molecule has 2 aromatic carbocycles. The van der Waals surface area contributed by atoms with Gasteiger partial charge in [-0.1, -0.05) is 24.6 Å². The van der Waals surface area contributed by atoms with E-state index in [1.807, 2.05) is 36.7 Å². The predicted molar refractivity (Wildman–Crippen MR) is 254 cm³/mol. The van der Waals surface area contributed by atoms with Gasteiger partial charge in [0.2, 0.25) is 5.69 Å². The maximum absolute atomic E-state index is 12.4. The number of carboxylic acids is 1. The first-order chi connectivity index (χ1) is 32.2. The van der Waals surface area contributed by atoms with Crippen LogP contribution in [0, 0.1) is 0 Å². The number of rotatable bonds is 33. The van der Waals surface area contributed by atoms with Crippen LogP contribution in [0.1, 0.15) is 69.9 Å². The number of aliphatic carboxylic acids is 1. The highest BCUT2D eigenvalue weighted by Gasteiger charge is 2.48. The lowest BCUT2D eigenvalue weighted by molar-refractivity contribution is -0.441. The van der Waals surface area contributed by atoms with Gasteiger partial charge in [0.05, 0.1) is 73.8 Å². The van der Waals surface area contributed by atoms with Gasteiger partial charge in [-0.05, 0) is 87.9 Å². The van der Waals surface area contributed by atoms with Crippen LogP contribution in [0.25, 0.3) is 0 Å². The third kappa shape index (κ3) is 16.3.